The third-order valence-electron chi connectivity index (χ3n) is 2.57. The van der Waals surface area contributed by atoms with Crippen molar-refractivity contribution in [1.29, 1.82) is 0 Å². The molecule has 2 N–H and O–H groups in total. The van der Waals surface area contributed by atoms with Crippen LogP contribution in [0.5, 0.6) is 0 Å². The van der Waals surface area contributed by atoms with E-state index in [0.29, 0.717) is 30.5 Å². The predicted molar refractivity (Wildman–Crippen MR) is 48.0 cm³/mol. The molecule has 5 nitrogen and oxygen atoms in total. The van der Waals surface area contributed by atoms with Crippen LogP contribution >= 0.6 is 0 Å². The van der Waals surface area contributed by atoms with Gasteiger partial charge < -0.3 is 10.1 Å². The Kier molecular flexibility index (Phi) is 2.07. The van der Waals surface area contributed by atoms with Crippen molar-refractivity contribution in [2.45, 2.75) is 19.3 Å². The van der Waals surface area contributed by atoms with Crippen LogP contribution in [0.15, 0.2) is 11.1 Å². The average molecular weight is 194 g/mol. The van der Waals surface area contributed by atoms with Gasteiger partial charge in [0.05, 0.1) is 17.9 Å². The molecule has 0 amide bonds. The van der Waals surface area contributed by atoms with Gasteiger partial charge in [-0.2, -0.15) is 0 Å². The first-order chi connectivity index (χ1) is 6.68. The van der Waals surface area contributed by atoms with Crippen molar-refractivity contribution in [1.82, 2.24) is 9.97 Å². The molecule has 0 spiro atoms. The van der Waals surface area contributed by atoms with Crippen LogP contribution in [0.3, 0.4) is 0 Å². The fraction of sp³-hybridized carbons (Fsp3) is 0.444. The van der Waals surface area contributed by atoms with Crippen molar-refractivity contribution in [3.05, 3.63) is 27.9 Å². The van der Waals surface area contributed by atoms with Crippen molar-refractivity contribution >= 4 is 5.97 Å². The zero-order chi connectivity index (χ0) is 10.1. The highest BCUT2D eigenvalue weighted by Gasteiger charge is 2.26. The number of carboxylic acid groups (broad SMARTS) is 1. The first kappa shape index (κ1) is 8.93. The number of nitrogens with one attached hydrogen (secondary N) is 1. The first-order valence-corrected chi connectivity index (χ1v) is 4.46. The normalized spacial score (nSPS) is 20.1. The van der Waals surface area contributed by atoms with Gasteiger partial charge in [0.1, 0.15) is 0 Å². The van der Waals surface area contributed by atoms with Gasteiger partial charge in [0.2, 0.25) is 0 Å². The molecule has 1 aliphatic rings. The Morgan fingerprint density at radius 1 is 1.64 bits per heavy atom. The molecule has 1 heterocycles. The molecule has 5 heteroatoms. The lowest BCUT2D eigenvalue weighted by Gasteiger charge is -2.18. The Hall–Kier alpha value is -1.65. The molecule has 0 aromatic carbocycles. The number of aromatic nitrogens is 2. The molecule has 0 bridgehead atoms. The summed E-state index contributed by atoms with van der Waals surface area (Å²) < 4.78 is 0. The van der Waals surface area contributed by atoms with E-state index in [-0.39, 0.29) is 5.56 Å². The summed E-state index contributed by atoms with van der Waals surface area (Å²) in [6.45, 7) is 0. The Morgan fingerprint density at radius 2 is 2.43 bits per heavy atom. The lowest BCUT2D eigenvalue weighted by Crippen LogP contribution is -2.28. The molecule has 0 fully saturated rings. The summed E-state index contributed by atoms with van der Waals surface area (Å²) >= 11 is 0. The second-order valence-corrected chi connectivity index (χ2v) is 3.43. The molecule has 2 rings (SSSR count). The lowest BCUT2D eigenvalue weighted by atomic mass is 9.87. The second kappa shape index (κ2) is 3.25. The maximum absolute atomic E-state index is 11.3. The van der Waals surface area contributed by atoms with Gasteiger partial charge in [0.25, 0.3) is 5.56 Å². The number of hydrogen-bond acceptors (Lipinski definition) is 3. The Bertz CT molecular complexity index is 424. The van der Waals surface area contributed by atoms with Crippen LogP contribution in [0.1, 0.15) is 17.7 Å². The minimum atomic E-state index is -0.808. The number of rotatable bonds is 1. The summed E-state index contributed by atoms with van der Waals surface area (Å²) in [5, 5.41) is 8.82. The average Bonchev–Trinajstić information content (AvgIpc) is 2.17. The van der Waals surface area contributed by atoms with Gasteiger partial charge in [-0.1, -0.05) is 0 Å². The van der Waals surface area contributed by atoms with E-state index in [4.69, 9.17) is 5.11 Å². The van der Waals surface area contributed by atoms with Crippen molar-refractivity contribution in [2.24, 2.45) is 5.92 Å². The molecule has 1 aromatic rings. The zero-order valence-electron chi connectivity index (χ0n) is 7.49. The van der Waals surface area contributed by atoms with E-state index >= 15 is 0 Å². The molecule has 0 aliphatic heterocycles. The van der Waals surface area contributed by atoms with Gasteiger partial charge in [-0.25, -0.2) is 4.98 Å². The summed E-state index contributed by atoms with van der Waals surface area (Å²) in [6, 6.07) is 0. The molecule has 1 unspecified atom stereocenters. The minimum absolute atomic E-state index is 0.140. The summed E-state index contributed by atoms with van der Waals surface area (Å²) in [4.78, 5) is 28.5. The van der Waals surface area contributed by atoms with Gasteiger partial charge in [0, 0.05) is 12.0 Å². The van der Waals surface area contributed by atoms with Crippen LogP contribution in [-0.4, -0.2) is 21.0 Å². The number of aliphatic carboxylic acids is 1. The highest BCUT2D eigenvalue weighted by atomic mass is 16.4. The number of fused-ring (bicyclic) bond motifs is 1. The minimum Gasteiger partial charge on any atom is -0.481 e. The Morgan fingerprint density at radius 3 is 3.14 bits per heavy atom. The smallest absolute Gasteiger partial charge is 0.306 e. The van der Waals surface area contributed by atoms with Crippen molar-refractivity contribution in [3.63, 3.8) is 0 Å². The van der Waals surface area contributed by atoms with Gasteiger partial charge in [-0.15, -0.1) is 0 Å². The van der Waals surface area contributed by atoms with Crippen LogP contribution in [0.4, 0.5) is 0 Å². The Balaban J connectivity index is 2.36. The van der Waals surface area contributed by atoms with Crippen LogP contribution in [0.25, 0.3) is 0 Å². The number of carbonyl (C=O) groups is 1. The molecule has 0 saturated heterocycles. The molecular weight excluding hydrogens is 184 g/mol. The van der Waals surface area contributed by atoms with Gasteiger partial charge in [-0.05, 0) is 12.8 Å². The largest absolute Gasteiger partial charge is 0.481 e. The van der Waals surface area contributed by atoms with Gasteiger partial charge in [0.15, 0.2) is 0 Å². The maximum Gasteiger partial charge on any atom is 0.306 e. The predicted octanol–water partition coefficient (Wildman–Crippen LogP) is -0.0406. The standard InChI is InChI=1S/C9H10N2O3/c12-8-6-2-1-5(9(13)14)3-7(6)10-4-11-8/h4-5H,1-3H2,(H,13,14)(H,10,11,12). The number of nitrogens with zero attached hydrogens (tertiary/aromatic N) is 1. The molecule has 1 aliphatic carbocycles. The number of H-pyrrole nitrogens is 1. The van der Waals surface area contributed by atoms with Crippen LogP contribution in [0.2, 0.25) is 0 Å². The lowest BCUT2D eigenvalue weighted by molar-refractivity contribution is -0.142. The summed E-state index contributed by atoms with van der Waals surface area (Å²) in [6.07, 6.45) is 2.73. The quantitative estimate of drug-likeness (QED) is 0.657. The van der Waals surface area contributed by atoms with E-state index in [2.05, 4.69) is 9.97 Å². The number of aromatic amines is 1. The third kappa shape index (κ3) is 1.41. The van der Waals surface area contributed by atoms with Crippen molar-refractivity contribution < 1.29 is 9.90 Å². The van der Waals surface area contributed by atoms with Crippen molar-refractivity contribution in [2.75, 3.05) is 0 Å². The Labute approximate surface area is 79.8 Å². The van der Waals surface area contributed by atoms with E-state index in [9.17, 15) is 9.59 Å². The SMILES string of the molecule is O=C(O)C1CCc2c(nc[nH]c2=O)C1. The first-order valence-electron chi connectivity index (χ1n) is 4.46. The second-order valence-electron chi connectivity index (χ2n) is 3.43. The third-order valence-corrected chi connectivity index (χ3v) is 2.57. The fourth-order valence-electron chi connectivity index (χ4n) is 1.76. The topological polar surface area (TPSA) is 83.0 Å². The molecule has 14 heavy (non-hydrogen) atoms. The summed E-state index contributed by atoms with van der Waals surface area (Å²) in [5.41, 5.74) is 1.14. The van der Waals surface area contributed by atoms with Crippen LogP contribution in [0, 0.1) is 5.92 Å². The van der Waals surface area contributed by atoms with Gasteiger partial charge >= 0.3 is 5.97 Å². The molecule has 0 saturated carbocycles. The highest BCUT2D eigenvalue weighted by Crippen LogP contribution is 2.21. The van der Waals surface area contributed by atoms with Crippen LogP contribution < -0.4 is 5.56 Å². The molecule has 0 radical (unpaired) electrons. The molecule has 74 valence electrons. The van der Waals surface area contributed by atoms with Gasteiger partial charge in [-0.3, -0.25) is 9.59 Å². The van der Waals surface area contributed by atoms with E-state index in [0.717, 1.165) is 0 Å². The summed E-state index contributed by atoms with van der Waals surface area (Å²) in [5.74, 6) is -1.20. The van der Waals surface area contributed by atoms with E-state index in [1.54, 1.807) is 0 Å². The number of hydrogen-bond donors (Lipinski definition) is 2. The van der Waals surface area contributed by atoms with Crippen molar-refractivity contribution in [3.8, 4) is 0 Å². The summed E-state index contributed by atoms with van der Waals surface area (Å²) in [7, 11) is 0. The zero-order valence-corrected chi connectivity index (χ0v) is 7.49. The number of carboxylic acids is 1. The monoisotopic (exact) mass is 194 g/mol. The molecule has 1 atom stereocenters. The van der Waals surface area contributed by atoms with E-state index in [1.165, 1.54) is 6.33 Å². The highest BCUT2D eigenvalue weighted by molar-refractivity contribution is 5.70. The maximum atomic E-state index is 11.3. The molecule has 1 aromatic heterocycles. The van der Waals surface area contributed by atoms with E-state index in [1.807, 2.05) is 0 Å². The van der Waals surface area contributed by atoms with E-state index < -0.39 is 11.9 Å². The fourth-order valence-corrected chi connectivity index (χ4v) is 1.76. The molecular formula is C9H10N2O3. The van der Waals surface area contributed by atoms with Crippen LogP contribution in [-0.2, 0) is 17.6 Å².